The summed E-state index contributed by atoms with van der Waals surface area (Å²) in [6.45, 7) is 1.06. The molecule has 1 aliphatic heterocycles. The second-order valence-corrected chi connectivity index (χ2v) is 9.13. The van der Waals surface area contributed by atoms with E-state index in [1.165, 1.54) is 0 Å². The van der Waals surface area contributed by atoms with E-state index < -0.39 is 12.0 Å². The van der Waals surface area contributed by atoms with Crippen molar-refractivity contribution < 1.29 is 24.1 Å². The van der Waals surface area contributed by atoms with E-state index in [1.54, 1.807) is 14.2 Å². The van der Waals surface area contributed by atoms with Gasteiger partial charge in [0.05, 0.1) is 20.3 Å². The van der Waals surface area contributed by atoms with Crippen LogP contribution in [-0.4, -0.2) is 42.8 Å². The van der Waals surface area contributed by atoms with Crippen LogP contribution in [0.25, 0.3) is 0 Å². The largest absolute Gasteiger partial charge is 0.493 e. The molecule has 3 aromatic carbocycles. The zero-order valence-corrected chi connectivity index (χ0v) is 20.8. The van der Waals surface area contributed by atoms with Crippen LogP contribution in [0.5, 0.6) is 17.2 Å². The third-order valence-electron chi connectivity index (χ3n) is 6.12. The highest BCUT2D eigenvalue weighted by atomic mass is 79.9. The number of rotatable bonds is 9. The van der Waals surface area contributed by atoms with Gasteiger partial charge in [-0.15, -0.1) is 0 Å². The molecule has 1 aliphatic rings. The zero-order valence-electron chi connectivity index (χ0n) is 19.2. The monoisotopic (exact) mass is 525 g/mol. The van der Waals surface area contributed by atoms with Crippen molar-refractivity contribution in [3.63, 3.8) is 0 Å². The Labute approximate surface area is 208 Å². The molecule has 4 rings (SSSR count). The molecule has 1 N–H and O–H groups in total. The lowest BCUT2D eigenvalue weighted by atomic mass is 9.95. The summed E-state index contributed by atoms with van der Waals surface area (Å²) in [5, 5.41) is 9.88. The Hall–Kier alpha value is -3.03. The maximum absolute atomic E-state index is 12.0. The molecule has 3 aromatic rings. The van der Waals surface area contributed by atoms with Crippen molar-refractivity contribution in [1.82, 2.24) is 4.90 Å². The molecule has 0 saturated carbocycles. The number of methoxy groups -OCH3 is 2. The summed E-state index contributed by atoms with van der Waals surface area (Å²) in [7, 11) is 3.19. The fourth-order valence-electron chi connectivity index (χ4n) is 4.51. The van der Waals surface area contributed by atoms with Gasteiger partial charge in [-0.05, 0) is 53.8 Å². The van der Waals surface area contributed by atoms with Crippen molar-refractivity contribution in [3.8, 4) is 17.2 Å². The van der Waals surface area contributed by atoms with E-state index in [-0.39, 0.29) is 6.04 Å². The van der Waals surface area contributed by atoms with Gasteiger partial charge in [0, 0.05) is 11.0 Å². The highest BCUT2D eigenvalue weighted by Gasteiger charge is 2.37. The number of hydrogen-bond donors (Lipinski definition) is 1. The fourth-order valence-corrected chi connectivity index (χ4v) is 4.78. The van der Waals surface area contributed by atoms with Crippen LogP contribution in [0, 0.1) is 0 Å². The Kier molecular flexibility index (Phi) is 7.75. The fraction of sp³-hybridized carbons (Fsp3) is 0.296. The Balaban J connectivity index is 1.76. The number of hydrogen-bond acceptors (Lipinski definition) is 5. The molecule has 7 heteroatoms. The van der Waals surface area contributed by atoms with E-state index in [2.05, 4.69) is 15.9 Å². The van der Waals surface area contributed by atoms with Crippen molar-refractivity contribution in [2.24, 2.45) is 0 Å². The van der Waals surface area contributed by atoms with Crippen LogP contribution in [-0.2, 0) is 11.4 Å². The summed E-state index contributed by atoms with van der Waals surface area (Å²) in [5.41, 5.74) is 2.92. The third-order valence-corrected chi connectivity index (χ3v) is 6.65. The van der Waals surface area contributed by atoms with Crippen LogP contribution in [0.3, 0.4) is 0 Å². The van der Waals surface area contributed by atoms with Gasteiger partial charge in [0.15, 0.2) is 11.5 Å². The normalized spacial score (nSPS) is 16.7. The summed E-state index contributed by atoms with van der Waals surface area (Å²) in [5.74, 6) is 0.793. The molecule has 34 heavy (non-hydrogen) atoms. The van der Waals surface area contributed by atoms with Gasteiger partial charge in [-0.1, -0.05) is 58.4 Å². The lowest BCUT2D eigenvalue weighted by Crippen LogP contribution is -2.39. The predicted molar refractivity (Wildman–Crippen MR) is 134 cm³/mol. The number of carboxylic acids is 1. The van der Waals surface area contributed by atoms with Crippen molar-refractivity contribution >= 4 is 21.9 Å². The number of aliphatic carboxylic acids is 1. The Morgan fingerprint density at radius 3 is 2.26 bits per heavy atom. The van der Waals surface area contributed by atoms with Crippen LogP contribution in [0.15, 0.2) is 71.2 Å². The van der Waals surface area contributed by atoms with Crippen molar-refractivity contribution in [2.75, 3.05) is 20.8 Å². The number of ether oxygens (including phenoxy) is 3. The van der Waals surface area contributed by atoms with Gasteiger partial charge in [-0.3, -0.25) is 9.69 Å². The summed E-state index contributed by atoms with van der Waals surface area (Å²) in [6.07, 6.45) is 1.45. The minimum atomic E-state index is -0.804. The molecule has 0 amide bonds. The lowest BCUT2D eigenvalue weighted by Gasteiger charge is -2.32. The van der Waals surface area contributed by atoms with Gasteiger partial charge in [-0.25, -0.2) is 0 Å². The SMILES string of the molecule is COc1cc(C(c2ccc(Br)cc2)N2CCCC2C(=O)O)cc(OC)c1OCc1ccccc1. The number of carboxylic acid groups (broad SMARTS) is 1. The second kappa shape index (κ2) is 10.9. The van der Waals surface area contributed by atoms with Crippen LogP contribution in [0.2, 0.25) is 0 Å². The molecule has 0 aromatic heterocycles. The van der Waals surface area contributed by atoms with Crippen molar-refractivity contribution in [3.05, 3.63) is 87.9 Å². The number of carbonyl (C=O) groups is 1. The minimum absolute atomic E-state index is 0.275. The second-order valence-electron chi connectivity index (χ2n) is 8.22. The number of nitrogens with zero attached hydrogens (tertiary/aromatic N) is 1. The average molecular weight is 526 g/mol. The topological polar surface area (TPSA) is 68.2 Å². The van der Waals surface area contributed by atoms with E-state index in [9.17, 15) is 9.90 Å². The molecular formula is C27H28BrNO5. The quantitative estimate of drug-likeness (QED) is 0.387. The van der Waals surface area contributed by atoms with Gasteiger partial charge < -0.3 is 19.3 Å². The van der Waals surface area contributed by atoms with Crippen LogP contribution in [0.1, 0.15) is 35.6 Å². The summed E-state index contributed by atoms with van der Waals surface area (Å²) >= 11 is 3.50. The van der Waals surface area contributed by atoms with E-state index in [1.807, 2.05) is 71.6 Å². The molecule has 1 fully saturated rings. The first-order valence-corrected chi connectivity index (χ1v) is 12.0. The first-order valence-electron chi connectivity index (χ1n) is 11.2. The number of likely N-dealkylation sites (tertiary alicyclic amines) is 1. The lowest BCUT2D eigenvalue weighted by molar-refractivity contribution is -0.142. The number of benzene rings is 3. The molecule has 2 unspecified atom stereocenters. The number of halogens is 1. The van der Waals surface area contributed by atoms with E-state index >= 15 is 0 Å². The van der Waals surface area contributed by atoms with Crippen molar-refractivity contribution in [1.29, 1.82) is 0 Å². The zero-order chi connectivity index (χ0) is 24.1. The van der Waals surface area contributed by atoms with Gasteiger partial charge in [-0.2, -0.15) is 0 Å². The van der Waals surface area contributed by atoms with Crippen LogP contribution < -0.4 is 14.2 Å². The molecule has 0 bridgehead atoms. The maximum atomic E-state index is 12.0. The van der Waals surface area contributed by atoms with E-state index in [4.69, 9.17) is 14.2 Å². The van der Waals surface area contributed by atoms with Gasteiger partial charge in [0.25, 0.3) is 0 Å². The summed E-state index contributed by atoms with van der Waals surface area (Å²) in [6, 6.07) is 20.9. The first-order chi connectivity index (χ1) is 16.5. The molecule has 0 aliphatic carbocycles. The predicted octanol–water partition coefficient (Wildman–Crippen LogP) is 5.68. The van der Waals surface area contributed by atoms with Crippen molar-refractivity contribution in [2.45, 2.75) is 31.5 Å². The molecule has 178 valence electrons. The van der Waals surface area contributed by atoms with Crippen LogP contribution >= 0.6 is 15.9 Å². The van der Waals surface area contributed by atoms with Gasteiger partial charge in [0.2, 0.25) is 5.75 Å². The van der Waals surface area contributed by atoms with Crippen LogP contribution in [0.4, 0.5) is 0 Å². The Bertz CT molecular complexity index is 1090. The third kappa shape index (κ3) is 5.21. The van der Waals surface area contributed by atoms with E-state index in [0.717, 1.165) is 27.6 Å². The van der Waals surface area contributed by atoms with Gasteiger partial charge >= 0.3 is 5.97 Å². The standard InChI is InChI=1S/C27H28BrNO5/c1-32-23-15-20(16-24(33-2)26(23)34-17-18-7-4-3-5-8-18)25(19-10-12-21(28)13-11-19)29-14-6-9-22(29)27(30)31/h3-5,7-8,10-13,15-16,22,25H,6,9,14,17H2,1-2H3,(H,30,31). The first kappa shape index (κ1) is 24.1. The highest BCUT2D eigenvalue weighted by Crippen LogP contribution is 2.44. The molecule has 6 nitrogen and oxygen atoms in total. The summed E-state index contributed by atoms with van der Waals surface area (Å²) in [4.78, 5) is 14.1. The molecule has 1 heterocycles. The molecule has 2 atom stereocenters. The molecule has 0 spiro atoms. The molecule has 0 radical (unpaired) electrons. The van der Waals surface area contributed by atoms with E-state index in [0.29, 0.717) is 36.8 Å². The molecule has 1 saturated heterocycles. The summed E-state index contributed by atoms with van der Waals surface area (Å²) < 4.78 is 18.5. The minimum Gasteiger partial charge on any atom is -0.493 e. The maximum Gasteiger partial charge on any atom is 0.320 e. The smallest absolute Gasteiger partial charge is 0.320 e. The Morgan fingerprint density at radius 1 is 1.03 bits per heavy atom. The van der Waals surface area contributed by atoms with Gasteiger partial charge in [0.1, 0.15) is 12.6 Å². The average Bonchev–Trinajstić information content (AvgIpc) is 3.34. The molecular weight excluding hydrogens is 498 g/mol. The highest BCUT2D eigenvalue weighted by molar-refractivity contribution is 9.10. The Morgan fingerprint density at radius 2 is 1.68 bits per heavy atom.